The second kappa shape index (κ2) is 13.1. The number of hydrogen-bond acceptors (Lipinski definition) is 7. The first-order valence-corrected chi connectivity index (χ1v) is 11.6. The summed E-state index contributed by atoms with van der Waals surface area (Å²) in [4.78, 5) is 30.4. The van der Waals surface area contributed by atoms with Gasteiger partial charge in [0.15, 0.2) is 0 Å². The number of carbonyl (C=O) groups excluding carboxylic acids is 1. The molecule has 1 aliphatic rings. The molecule has 0 atom stereocenters. The van der Waals surface area contributed by atoms with Crippen molar-refractivity contribution in [2.45, 2.75) is 56.5 Å². The summed E-state index contributed by atoms with van der Waals surface area (Å²) in [7, 11) is 2.93. The largest absolute Gasteiger partial charge is 0.573 e. The van der Waals surface area contributed by atoms with Crippen LogP contribution in [-0.4, -0.2) is 65.7 Å². The number of nitrogens with one attached hydrogen (secondary N) is 2. The van der Waals surface area contributed by atoms with Crippen LogP contribution in [0.5, 0.6) is 5.75 Å². The van der Waals surface area contributed by atoms with Crippen LogP contribution in [-0.2, 0) is 11.0 Å². The minimum atomic E-state index is -5.08. The van der Waals surface area contributed by atoms with Gasteiger partial charge in [-0.15, -0.1) is 13.2 Å². The molecule has 1 aliphatic carbocycles. The molecule has 0 spiro atoms. The summed E-state index contributed by atoms with van der Waals surface area (Å²) in [5.74, 6) is -3.74. The third-order valence-electron chi connectivity index (χ3n) is 5.49. The normalized spacial score (nSPS) is 17.5. The lowest BCUT2D eigenvalue weighted by atomic mass is 9.91. The Labute approximate surface area is 226 Å². The summed E-state index contributed by atoms with van der Waals surface area (Å²) in [5.41, 5.74) is -0.725. The summed E-state index contributed by atoms with van der Waals surface area (Å²) in [6.07, 6.45) is -11.3. The molecule has 3 N–H and O–H groups in total. The van der Waals surface area contributed by atoms with E-state index >= 15 is 0 Å². The van der Waals surface area contributed by atoms with Gasteiger partial charge in [0.05, 0.1) is 0 Å². The third-order valence-corrected chi connectivity index (χ3v) is 5.49. The zero-order valence-corrected chi connectivity index (χ0v) is 21.3. The average molecular weight is 605 g/mol. The van der Waals surface area contributed by atoms with Gasteiger partial charge in [0, 0.05) is 37.9 Å². The van der Waals surface area contributed by atoms with Crippen LogP contribution in [0.4, 0.5) is 51.3 Å². The van der Waals surface area contributed by atoms with Crippen LogP contribution >= 0.6 is 0 Å². The third kappa shape index (κ3) is 10.8. The first-order valence-electron chi connectivity index (χ1n) is 11.6. The molecule has 2 aromatic rings. The van der Waals surface area contributed by atoms with E-state index in [1.807, 2.05) is 0 Å². The molecule has 1 saturated carbocycles. The van der Waals surface area contributed by atoms with Crippen LogP contribution < -0.4 is 20.3 Å². The monoisotopic (exact) mass is 605 g/mol. The quantitative estimate of drug-likeness (QED) is 0.383. The Hall–Kier alpha value is -3.99. The number of benzene rings is 1. The summed E-state index contributed by atoms with van der Waals surface area (Å²) >= 11 is 0. The van der Waals surface area contributed by atoms with Crippen molar-refractivity contribution in [1.29, 1.82) is 0 Å². The number of carbonyl (C=O) groups is 2. The maximum absolute atomic E-state index is 13.1. The van der Waals surface area contributed by atoms with Crippen molar-refractivity contribution in [3.63, 3.8) is 0 Å². The van der Waals surface area contributed by atoms with Gasteiger partial charge in [0.25, 0.3) is 5.91 Å². The molecule has 0 radical (unpaired) electrons. The Morgan fingerprint density at radius 1 is 0.927 bits per heavy atom. The van der Waals surface area contributed by atoms with E-state index in [0.29, 0.717) is 25.7 Å². The van der Waals surface area contributed by atoms with Gasteiger partial charge in [0.1, 0.15) is 17.1 Å². The summed E-state index contributed by atoms with van der Waals surface area (Å²) < 4.78 is 112. The number of anilines is 2. The maximum Gasteiger partial charge on any atom is 0.573 e. The number of nitrogens with zero attached hydrogens (tertiary/aromatic N) is 3. The van der Waals surface area contributed by atoms with E-state index < -0.39 is 41.9 Å². The molecule has 18 heteroatoms. The van der Waals surface area contributed by atoms with E-state index in [1.165, 1.54) is 31.1 Å². The number of aliphatic carboxylic acids is 1. The molecule has 1 amide bonds. The molecule has 9 nitrogen and oxygen atoms in total. The minimum absolute atomic E-state index is 0.0845. The first-order chi connectivity index (χ1) is 18.8. The van der Waals surface area contributed by atoms with Crippen LogP contribution in [0.15, 0.2) is 30.5 Å². The lowest BCUT2D eigenvalue weighted by molar-refractivity contribution is -0.274. The van der Waals surface area contributed by atoms with E-state index in [2.05, 4.69) is 25.3 Å². The fourth-order valence-electron chi connectivity index (χ4n) is 3.62. The highest BCUT2D eigenvalue weighted by Gasteiger charge is 2.38. The standard InChI is InChI=1S/C21H23F6N5O2.C2HF3O2/c1-32(2)17-16(20(22,23)24)11-28-19(31-17)30-14-7-5-13(6-8-14)29-18(33)12-3-9-15(10-4-12)34-21(25,26)27;3-2(4,5)1(6)7/h3-4,9-11,13-14H,5-8H2,1-2H3,(H,29,33)(H,28,30,31);(H,6,7). The van der Waals surface area contributed by atoms with Crippen LogP contribution in [0.1, 0.15) is 41.6 Å². The molecule has 1 fully saturated rings. The van der Waals surface area contributed by atoms with Crippen LogP contribution in [0, 0.1) is 0 Å². The van der Waals surface area contributed by atoms with Gasteiger partial charge >= 0.3 is 24.7 Å². The fourth-order valence-corrected chi connectivity index (χ4v) is 3.62. The van der Waals surface area contributed by atoms with Crippen molar-refractivity contribution < 1.29 is 58.9 Å². The first kappa shape index (κ1) is 33.2. The molecule has 3 rings (SSSR count). The van der Waals surface area contributed by atoms with Gasteiger partial charge in [-0.05, 0) is 49.9 Å². The molecule has 0 saturated heterocycles. The number of carboxylic acids is 1. The SMILES string of the molecule is CN(C)c1nc(NC2CCC(NC(=O)c3ccc(OC(F)(F)F)cc3)CC2)ncc1C(F)(F)F.O=C(O)C(F)(F)F. The molecule has 0 aliphatic heterocycles. The Bertz CT molecular complexity index is 1180. The Balaban J connectivity index is 0.000000745. The van der Waals surface area contributed by atoms with Crippen LogP contribution in [0.3, 0.4) is 0 Å². The highest BCUT2D eigenvalue weighted by atomic mass is 19.4. The smallest absolute Gasteiger partial charge is 0.475 e. The van der Waals surface area contributed by atoms with Crippen LogP contribution in [0.25, 0.3) is 0 Å². The van der Waals surface area contributed by atoms with Gasteiger partial charge in [-0.1, -0.05) is 0 Å². The maximum atomic E-state index is 13.1. The molecule has 1 aromatic carbocycles. The number of ether oxygens (including phenoxy) is 1. The van der Waals surface area contributed by atoms with Crippen LogP contribution in [0.2, 0.25) is 0 Å². The lowest BCUT2D eigenvalue weighted by Gasteiger charge is -2.30. The number of alkyl halides is 9. The van der Waals surface area contributed by atoms with Crippen molar-refractivity contribution in [2.24, 2.45) is 0 Å². The molecule has 0 unspecified atom stereocenters. The molecule has 1 heterocycles. The van der Waals surface area contributed by atoms with Gasteiger partial charge in [-0.25, -0.2) is 9.78 Å². The Morgan fingerprint density at radius 2 is 1.44 bits per heavy atom. The van der Waals surface area contributed by atoms with Crippen molar-refractivity contribution >= 4 is 23.6 Å². The zero-order valence-electron chi connectivity index (χ0n) is 21.3. The van der Waals surface area contributed by atoms with E-state index in [9.17, 15) is 44.3 Å². The van der Waals surface area contributed by atoms with Gasteiger partial charge in [0.2, 0.25) is 5.95 Å². The number of hydrogen-bond donors (Lipinski definition) is 3. The number of aromatic nitrogens is 2. The van der Waals surface area contributed by atoms with Gasteiger partial charge in [-0.3, -0.25) is 4.79 Å². The molecular formula is C23H24F9N5O4. The molecule has 228 valence electrons. The van der Waals surface area contributed by atoms with Crippen molar-refractivity contribution in [2.75, 3.05) is 24.3 Å². The molecular weight excluding hydrogens is 581 g/mol. The highest BCUT2D eigenvalue weighted by Crippen LogP contribution is 2.35. The summed E-state index contributed by atoms with van der Waals surface area (Å²) in [5, 5.41) is 13.0. The highest BCUT2D eigenvalue weighted by molar-refractivity contribution is 5.94. The van der Waals surface area contributed by atoms with E-state index in [0.717, 1.165) is 18.3 Å². The number of rotatable bonds is 6. The van der Waals surface area contributed by atoms with E-state index in [4.69, 9.17) is 9.90 Å². The minimum Gasteiger partial charge on any atom is -0.475 e. The van der Waals surface area contributed by atoms with E-state index in [1.54, 1.807) is 0 Å². The molecule has 41 heavy (non-hydrogen) atoms. The number of carboxylic acid groups (broad SMARTS) is 1. The number of halogens is 9. The predicted molar refractivity (Wildman–Crippen MR) is 125 cm³/mol. The second-order valence-electron chi connectivity index (χ2n) is 8.86. The average Bonchev–Trinajstić information content (AvgIpc) is 2.83. The molecule has 1 aromatic heterocycles. The molecule has 0 bridgehead atoms. The zero-order chi connectivity index (χ0) is 31.2. The van der Waals surface area contributed by atoms with Gasteiger partial charge < -0.3 is 25.4 Å². The van der Waals surface area contributed by atoms with Crippen molar-refractivity contribution in [1.82, 2.24) is 15.3 Å². The predicted octanol–water partition coefficient (Wildman–Crippen LogP) is 5.25. The van der Waals surface area contributed by atoms with Crippen molar-refractivity contribution in [3.8, 4) is 5.75 Å². The summed E-state index contributed by atoms with van der Waals surface area (Å²) in [6.45, 7) is 0. The fraction of sp³-hybridized carbons (Fsp3) is 0.478. The summed E-state index contributed by atoms with van der Waals surface area (Å²) in [6, 6.07) is 4.38. The second-order valence-corrected chi connectivity index (χ2v) is 8.86. The van der Waals surface area contributed by atoms with E-state index in [-0.39, 0.29) is 29.4 Å². The lowest BCUT2D eigenvalue weighted by Crippen LogP contribution is -2.40. The Morgan fingerprint density at radius 3 is 1.88 bits per heavy atom. The van der Waals surface area contributed by atoms with Gasteiger partial charge in [-0.2, -0.15) is 31.3 Å². The van der Waals surface area contributed by atoms with Crippen molar-refractivity contribution in [3.05, 3.63) is 41.6 Å². The number of amides is 1. The topological polar surface area (TPSA) is 117 Å². The Kier molecular flexibility index (Phi) is 10.6.